The zero-order valence-corrected chi connectivity index (χ0v) is 8.67. The number of carboxylic acid groups (broad SMARTS) is 1. The maximum absolute atomic E-state index is 11.1. The highest BCUT2D eigenvalue weighted by atomic mass is 35.5. The van der Waals surface area contributed by atoms with E-state index >= 15 is 0 Å². The molecule has 0 radical (unpaired) electrons. The van der Waals surface area contributed by atoms with Crippen molar-refractivity contribution in [3.63, 3.8) is 0 Å². The van der Waals surface area contributed by atoms with E-state index in [0.717, 1.165) is 0 Å². The van der Waals surface area contributed by atoms with E-state index in [1.54, 1.807) is 0 Å². The molecule has 0 bridgehead atoms. The number of carbonyl (C=O) groups excluding carboxylic acids is 1. The van der Waals surface area contributed by atoms with Gasteiger partial charge in [-0.05, 0) is 6.42 Å². The first-order valence-corrected chi connectivity index (χ1v) is 4.16. The van der Waals surface area contributed by atoms with Gasteiger partial charge in [0, 0.05) is 13.1 Å². The highest BCUT2D eigenvalue weighted by Crippen LogP contribution is 2.17. The monoisotopic (exact) mass is 223 g/mol. The SMILES string of the molecule is COC(=O)C1CNCC(C(=O)O)C1.Cl. The number of rotatable bonds is 2. The lowest BCUT2D eigenvalue weighted by atomic mass is 9.91. The fourth-order valence-corrected chi connectivity index (χ4v) is 1.48. The molecule has 6 heteroatoms. The topological polar surface area (TPSA) is 75.6 Å². The van der Waals surface area contributed by atoms with Gasteiger partial charge in [0.05, 0.1) is 18.9 Å². The number of aliphatic carboxylic acids is 1. The summed E-state index contributed by atoms with van der Waals surface area (Å²) < 4.78 is 4.55. The molecule has 1 saturated heterocycles. The maximum Gasteiger partial charge on any atom is 0.309 e. The predicted molar refractivity (Wildman–Crippen MR) is 51.4 cm³/mol. The number of ether oxygens (including phenoxy) is 1. The molecule has 1 aliphatic heterocycles. The van der Waals surface area contributed by atoms with Crippen LogP contribution in [0, 0.1) is 11.8 Å². The molecule has 82 valence electrons. The summed E-state index contributed by atoms with van der Waals surface area (Å²) in [6.07, 6.45) is 0.370. The Morgan fingerprint density at radius 2 is 1.93 bits per heavy atom. The minimum absolute atomic E-state index is 0. The smallest absolute Gasteiger partial charge is 0.309 e. The Bertz CT molecular complexity index is 221. The lowest BCUT2D eigenvalue weighted by molar-refractivity contribution is -0.149. The first-order valence-electron chi connectivity index (χ1n) is 4.16. The normalized spacial score (nSPS) is 26.1. The van der Waals surface area contributed by atoms with Crippen LogP contribution in [0.25, 0.3) is 0 Å². The fourth-order valence-electron chi connectivity index (χ4n) is 1.48. The van der Waals surface area contributed by atoms with Crippen molar-refractivity contribution < 1.29 is 19.4 Å². The van der Waals surface area contributed by atoms with Gasteiger partial charge in [-0.1, -0.05) is 0 Å². The molecule has 0 aromatic heterocycles. The van der Waals surface area contributed by atoms with E-state index in [-0.39, 0.29) is 24.3 Å². The van der Waals surface area contributed by atoms with Crippen LogP contribution < -0.4 is 5.32 Å². The number of methoxy groups -OCH3 is 1. The van der Waals surface area contributed by atoms with Crippen molar-refractivity contribution in [3.8, 4) is 0 Å². The lowest BCUT2D eigenvalue weighted by Gasteiger charge is -2.25. The van der Waals surface area contributed by atoms with E-state index in [9.17, 15) is 9.59 Å². The predicted octanol–water partition coefficient (Wildman–Crippen LogP) is -0.109. The van der Waals surface area contributed by atoms with Gasteiger partial charge in [0.25, 0.3) is 0 Å². The number of piperidine rings is 1. The molecule has 14 heavy (non-hydrogen) atoms. The van der Waals surface area contributed by atoms with Gasteiger partial charge in [-0.15, -0.1) is 12.4 Å². The van der Waals surface area contributed by atoms with E-state index in [1.807, 2.05) is 0 Å². The Hall–Kier alpha value is -0.810. The minimum Gasteiger partial charge on any atom is -0.481 e. The first kappa shape index (κ1) is 13.2. The standard InChI is InChI=1S/C8H13NO4.ClH/c1-13-8(12)6-2-5(7(10)11)3-9-4-6;/h5-6,9H,2-4H2,1H3,(H,10,11);1H. The Balaban J connectivity index is 0.00000169. The third-order valence-electron chi connectivity index (χ3n) is 2.23. The molecule has 2 unspecified atom stereocenters. The highest BCUT2D eigenvalue weighted by Gasteiger charge is 2.31. The molecule has 1 rings (SSSR count). The van der Waals surface area contributed by atoms with Crippen molar-refractivity contribution in [1.29, 1.82) is 0 Å². The Kier molecular flexibility index (Phi) is 5.49. The fraction of sp³-hybridized carbons (Fsp3) is 0.750. The van der Waals surface area contributed by atoms with Crippen molar-refractivity contribution in [3.05, 3.63) is 0 Å². The van der Waals surface area contributed by atoms with Gasteiger partial charge in [0.15, 0.2) is 0 Å². The van der Waals surface area contributed by atoms with Crippen molar-refractivity contribution in [2.24, 2.45) is 11.8 Å². The third-order valence-corrected chi connectivity index (χ3v) is 2.23. The molecular weight excluding hydrogens is 210 g/mol. The number of halogens is 1. The second-order valence-electron chi connectivity index (χ2n) is 3.15. The van der Waals surface area contributed by atoms with Gasteiger partial charge in [0.2, 0.25) is 0 Å². The van der Waals surface area contributed by atoms with Gasteiger partial charge in [-0.2, -0.15) is 0 Å². The van der Waals surface area contributed by atoms with Crippen molar-refractivity contribution in [1.82, 2.24) is 5.32 Å². The van der Waals surface area contributed by atoms with Crippen LogP contribution in [0.2, 0.25) is 0 Å². The summed E-state index contributed by atoms with van der Waals surface area (Å²) in [6, 6.07) is 0. The first-order chi connectivity index (χ1) is 6.15. The highest BCUT2D eigenvalue weighted by molar-refractivity contribution is 5.85. The average molecular weight is 224 g/mol. The zero-order chi connectivity index (χ0) is 9.84. The van der Waals surface area contributed by atoms with Crippen LogP contribution in [0.15, 0.2) is 0 Å². The Morgan fingerprint density at radius 1 is 1.36 bits per heavy atom. The summed E-state index contributed by atoms with van der Waals surface area (Å²) in [5.41, 5.74) is 0. The van der Waals surface area contributed by atoms with Gasteiger partial charge in [-0.3, -0.25) is 9.59 Å². The number of carboxylic acids is 1. The van der Waals surface area contributed by atoms with Crippen molar-refractivity contribution >= 4 is 24.3 Å². The number of nitrogens with one attached hydrogen (secondary N) is 1. The molecule has 0 spiro atoms. The average Bonchev–Trinajstić information content (AvgIpc) is 2.17. The lowest BCUT2D eigenvalue weighted by Crippen LogP contribution is -2.42. The van der Waals surface area contributed by atoms with Crippen LogP contribution >= 0.6 is 12.4 Å². The van der Waals surface area contributed by atoms with Crippen molar-refractivity contribution in [2.45, 2.75) is 6.42 Å². The van der Waals surface area contributed by atoms with Crippen LogP contribution in [0.3, 0.4) is 0 Å². The molecule has 0 amide bonds. The zero-order valence-electron chi connectivity index (χ0n) is 7.86. The largest absolute Gasteiger partial charge is 0.481 e. The second-order valence-corrected chi connectivity index (χ2v) is 3.15. The number of esters is 1. The van der Waals surface area contributed by atoms with Gasteiger partial charge in [0.1, 0.15) is 0 Å². The third kappa shape index (κ3) is 3.16. The number of carbonyl (C=O) groups is 2. The molecule has 2 atom stereocenters. The van der Waals surface area contributed by atoms with Crippen LogP contribution in [0.5, 0.6) is 0 Å². The molecule has 2 N–H and O–H groups in total. The maximum atomic E-state index is 11.1. The van der Waals surface area contributed by atoms with E-state index in [1.165, 1.54) is 7.11 Å². The molecule has 0 aromatic carbocycles. The molecule has 0 aromatic rings. The van der Waals surface area contributed by atoms with Crippen LogP contribution in [0.1, 0.15) is 6.42 Å². The summed E-state index contributed by atoms with van der Waals surface area (Å²) in [6.45, 7) is 0.944. The van der Waals surface area contributed by atoms with Gasteiger partial charge in [-0.25, -0.2) is 0 Å². The van der Waals surface area contributed by atoms with E-state index < -0.39 is 11.9 Å². The second kappa shape index (κ2) is 5.82. The minimum atomic E-state index is -0.860. The number of hydrogen-bond donors (Lipinski definition) is 2. The quantitative estimate of drug-likeness (QED) is 0.639. The summed E-state index contributed by atoms with van der Waals surface area (Å²) in [4.78, 5) is 21.7. The van der Waals surface area contributed by atoms with Crippen LogP contribution in [-0.4, -0.2) is 37.2 Å². The Morgan fingerprint density at radius 3 is 2.43 bits per heavy atom. The number of hydrogen-bond acceptors (Lipinski definition) is 4. The molecule has 0 saturated carbocycles. The molecule has 1 fully saturated rings. The molecular formula is C8H14ClNO4. The van der Waals surface area contributed by atoms with E-state index in [4.69, 9.17) is 5.11 Å². The summed E-state index contributed by atoms with van der Waals surface area (Å²) in [5.74, 6) is -1.99. The van der Waals surface area contributed by atoms with E-state index in [2.05, 4.69) is 10.1 Å². The summed E-state index contributed by atoms with van der Waals surface area (Å²) >= 11 is 0. The molecule has 5 nitrogen and oxygen atoms in total. The molecule has 1 heterocycles. The molecule has 0 aliphatic carbocycles. The summed E-state index contributed by atoms with van der Waals surface area (Å²) in [5, 5.41) is 11.6. The van der Waals surface area contributed by atoms with Crippen LogP contribution in [0.4, 0.5) is 0 Å². The van der Waals surface area contributed by atoms with Gasteiger partial charge >= 0.3 is 11.9 Å². The van der Waals surface area contributed by atoms with Crippen molar-refractivity contribution in [2.75, 3.05) is 20.2 Å². The Labute approximate surface area is 88.2 Å². The molecule has 1 aliphatic rings. The van der Waals surface area contributed by atoms with Crippen LogP contribution in [-0.2, 0) is 14.3 Å². The van der Waals surface area contributed by atoms with E-state index in [0.29, 0.717) is 19.5 Å². The summed E-state index contributed by atoms with van der Waals surface area (Å²) in [7, 11) is 1.31. The van der Waals surface area contributed by atoms with Gasteiger partial charge < -0.3 is 15.2 Å².